The number of aromatic nitrogens is 1. The average Bonchev–Trinajstić information content (AvgIpc) is 2.83. The Hall–Kier alpha value is -2.47. The number of anilines is 1. The Morgan fingerprint density at radius 3 is 2.71 bits per heavy atom. The molecule has 0 atom stereocenters. The van der Waals surface area contributed by atoms with Crippen LogP contribution in [0.1, 0.15) is 12.0 Å². The second-order valence-corrected chi connectivity index (χ2v) is 5.92. The number of urea groups is 1. The molecule has 1 aromatic carbocycles. The molecule has 2 aromatic rings. The summed E-state index contributed by atoms with van der Waals surface area (Å²) in [6, 6.07) is 10.1. The van der Waals surface area contributed by atoms with Crippen LogP contribution in [0.3, 0.4) is 0 Å². The van der Waals surface area contributed by atoms with E-state index in [0.29, 0.717) is 12.2 Å². The summed E-state index contributed by atoms with van der Waals surface area (Å²) in [5.74, 6) is -0.215. The Bertz CT molecular complexity index is 662. The summed E-state index contributed by atoms with van der Waals surface area (Å²) in [7, 11) is 0. The van der Waals surface area contributed by atoms with Gasteiger partial charge in [-0.15, -0.1) is 0 Å². The van der Waals surface area contributed by atoms with E-state index in [1.54, 1.807) is 18.5 Å². The normalized spacial score (nSPS) is 15.8. The minimum Gasteiger partial charge on any atom is -0.323 e. The number of carbonyl (C=O) groups is 1. The number of hydrogen-bond donors (Lipinski definition) is 1. The molecule has 126 valence electrons. The molecular formula is C18H21FN4O. The third-order valence-corrected chi connectivity index (χ3v) is 4.11. The summed E-state index contributed by atoms with van der Waals surface area (Å²) in [5, 5.41) is 2.87. The van der Waals surface area contributed by atoms with Gasteiger partial charge in [0.05, 0.1) is 11.9 Å². The number of pyridine rings is 1. The first kappa shape index (κ1) is 16.4. The van der Waals surface area contributed by atoms with Crippen molar-refractivity contribution in [3.63, 3.8) is 0 Å². The number of benzene rings is 1. The number of halogens is 1. The Kier molecular flexibility index (Phi) is 5.38. The van der Waals surface area contributed by atoms with E-state index in [4.69, 9.17) is 0 Å². The Balaban J connectivity index is 1.52. The molecule has 6 heteroatoms. The second-order valence-electron chi connectivity index (χ2n) is 5.92. The van der Waals surface area contributed by atoms with E-state index in [2.05, 4.69) is 15.2 Å². The molecule has 0 unspecified atom stereocenters. The molecule has 0 saturated carbocycles. The molecular weight excluding hydrogens is 307 g/mol. The molecule has 1 saturated heterocycles. The smallest absolute Gasteiger partial charge is 0.321 e. The lowest BCUT2D eigenvalue weighted by Gasteiger charge is -2.22. The highest BCUT2D eigenvalue weighted by atomic mass is 19.1. The molecule has 1 aliphatic heterocycles. The number of carbonyl (C=O) groups excluding carboxylic acids is 1. The van der Waals surface area contributed by atoms with Crippen molar-refractivity contribution in [2.24, 2.45) is 0 Å². The minimum absolute atomic E-state index is 0.0911. The van der Waals surface area contributed by atoms with Gasteiger partial charge < -0.3 is 10.2 Å². The van der Waals surface area contributed by atoms with Gasteiger partial charge in [0.25, 0.3) is 0 Å². The summed E-state index contributed by atoms with van der Waals surface area (Å²) in [4.78, 5) is 20.5. The highest BCUT2D eigenvalue weighted by Gasteiger charge is 2.19. The highest BCUT2D eigenvalue weighted by molar-refractivity contribution is 5.89. The van der Waals surface area contributed by atoms with Crippen molar-refractivity contribution in [3.05, 3.63) is 60.2 Å². The summed E-state index contributed by atoms with van der Waals surface area (Å²) in [6.07, 6.45) is 4.23. The molecule has 5 nitrogen and oxygen atoms in total. The Morgan fingerprint density at radius 1 is 1.12 bits per heavy atom. The molecule has 0 radical (unpaired) electrons. The van der Waals surface area contributed by atoms with E-state index in [0.717, 1.165) is 38.2 Å². The topological polar surface area (TPSA) is 48.5 Å². The van der Waals surface area contributed by atoms with Crippen LogP contribution >= 0.6 is 0 Å². The molecule has 0 aliphatic carbocycles. The van der Waals surface area contributed by atoms with E-state index in [1.165, 1.54) is 12.1 Å². The zero-order valence-electron chi connectivity index (χ0n) is 13.5. The number of rotatable bonds is 3. The van der Waals surface area contributed by atoms with E-state index < -0.39 is 0 Å². The van der Waals surface area contributed by atoms with Crippen LogP contribution in [0.5, 0.6) is 0 Å². The fourth-order valence-electron chi connectivity index (χ4n) is 2.82. The number of nitrogens with one attached hydrogen (secondary N) is 1. The molecule has 24 heavy (non-hydrogen) atoms. The number of hydrogen-bond acceptors (Lipinski definition) is 3. The van der Waals surface area contributed by atoms with Crippen LogP contribution in [0, 0.1) is 5.82 Å². The maximum absolute atomic E-state index is 13.0. The van der Waals surface area contributed by atoms with Gasteiger partial charge in [0.2, 0.25) is 0 Å². The van der Waals surface area contributed by atoms with Crippen molar-refractivity contribution in [3.8, 4) is 0 Å². The van der Waals surface area contributed by atoms with Gasteiger partial charge in [-0.2, -0.15) is 0 Å². The van der Waals surface area contributed by atoms with Crippen LogP contribution in [0.25, 0.3) is 0 Å². The first-order valence-corrected chi connectivity index (χ1v) is 8.13. The summed E-state index contributed by atoms with van der Waals surface area (Å²) in [6.45, 7) is 3.91. The fourth-order valence-corrected chi connectivity index (χ4v) is 2.82. The summed E-state index contributed by atoms with van der Waals surface area (Å²) in [5.41, 5.74) is 1.79. The Labute approximate surface area is 141 Å². The summed E-state index contributed by atoms with van der Waals surface area (Å²) < 4.78 is 13.0. The molecule has 3 rings (SSSR count). The van der Waals surface area contributed by atoms with Gasteiger partial charge in [0.15, 0.2) is 0 Å². The fraction of sp³-hybridized carbons (Fsp3) is 0.333. The zero-order chi connectivity index (χ0) is 16.8. The van der Waals surface area contributed by atoms with Crippen LogP contribution in [-0.2, 0) is 6.54 Å². The van der Waals surface area contributed by atoms with Gasteiger partial charge in [0.1, 0.15) is 5.82 Å². The van der Waals surface area contributed by atoms with E-state index in [9.17, 15) is 9.18 Å². The predicted octanol–water partition coefficient (Wildman–Crippen LogP) is 2.96. The molecule has 0 spiro atoms. The molecule has 1 N–H and O–H groups in total. The third kappa shape index (κ3) is 4.52. The molecule has 0 bridgehead atoms. The summed E-state index contributed by atoms with van der Waals surface area (Å²) >= 11 is 0. The van der Waals surface area contributed by atoms with Crippen LogP contribution in [0.15, 0.2) is 48.8 Å². The van der Waals surface area contributed by atoms with Crippen molar-refractivity contribution >= 4 is 11.7 Å². The highest BCUT2D eigenvalue weighted by Crippen LogP contribution is 2.11. The van der Waals surface area contributed by atoms with Crippen LogP contribution in [0.4, 0.5) is 14.9 Å². The average molecular weight is 328 g/mol. The van der Waals surface area contributed by atoms with Crippen molar-refractivity contribution in [1.82, 2.24) is 14.8 Å². The first-order valence-electron chi connectivity index (χ1n) is 8.13. The number of nitrogens with zero attached hydrogens (tertiary/aromatic N) is 3. The van der Waals surface area contributed by atoms with Crippen molar-refractivity contribution in [1.29, 1.82) is 0 Å². The van der Waals surface area contributed by atoms with Gasteiger partial charge in [-0.25, -0.2) is 9.18 Å². The molecule has 1 aromatic heterocycles. The molecule has 1 fully saturated rings. The van der Waals surface area contributed by atoms with Crippen LogP contribution < -0.4 is 5.32 Å². The predicted molar refractivity (Wildman–Crippen MR) is 91.1 cm³/mol. The molecule has 2 amide bonds. The van der Waals surface area contributed by atoms with Gasteiger partial charge in [-0.3, -0.25) is 9.88 Å². The maximum atomic E-state index is 13.0. The lowest BCUT2D eigenvalue weighted by atomic mass is 10.2. The lowest BCUT2D eigenvalue weighted by molar-refractivity contribution is 0.211. The van der Waals surface area contributed by atoms with Gasteiger partial charge in [-0.1, -0.05) is 12.1 Å². The van der Waals surface area contributed by atoms with E-state index in [-0.39, 0.29) is 11.8 Å². The molecule has 2 heterocycles. The zero-order valence-corrected chi connectivity index (χ0v) is 13.5. The number of amides is 2. The van der Waals surface area contributed by atoms with Crippen LogP contribution in [0.2, 0.25) is 0 Å². The van der Waals surface area contributed by atoms with Gasteiger partial charge in [0, 0.05) is 38.9 Å². The van der Waals surface area contributed by atoms with E-state index in [1.807, 2.05) is 23.1 Å². The Morgan fingerprint density at radius 2 is 1.96 bits per heavy atom. The second kappa shape index (κ2) is 7.88. The first-order chi connectivity index (χ1) is 11.7. The monoisotopic (exact) mass is 328 g/mol. The van der Waals surface area contributed by atoms with Gasteiger partial charge >= 0.3 is 6.03 Å². The van der Waals surface area contributed by atoms with Crippen molar-refractivity contribution < 1.29 is 9.18 Å². The van der Waals surface area contributed by atoms with Crippen molar-refractivity contribution in [2.45, 2.75) is 13.0 Å². The third-order valence-electron chi connectivity index (χ3n) is 4.11. The van der Waals surface area contributed by atoms with E-state index >= 15 is 0 Å². The molecule has 1 aliphatic rings. The lowest BCUT2D eigenvalue weighted by Crippen LogP contribution is -2.38. The maximum Gasteiger partial charge on any atom is 0.321 e. The quantitative estimate of drug-likeness (QED) is 0.942. The standard InChI is InChI=1S/C18H21FN4O/c19-16-6-4-15(5-7-16)14-22-9-2-10-23(12-11-22)18(24)21-17-3-1-8-20-13-17/h1,3-8,13H,2,9-12,14H2,(H,21,24). The van der Waals surface area contributed by atoms with Crippen molar-refractivity contribution in [2.75, 3.05) is 31.5 Å². The van der Waals surface area contributed by atoms with Gasteiger partial charge in [-0.05, 0) is 36.2 Å². The largest absolute Gasteiger partial charge is 0.323 e. The van der Waals surface area contributed by atoms with Crippen LogP contribution in [-0.4, -0.2) is 47.0 Å². The minimum atomic E-state index is -0.215. The SMILES string of the molecule is O=C(Nc1cccnc1)N1CCCN(Cc2ccc(F)cc2)CC1.